The molecule has 4 N–H and O–H groups in total. The first-order chi connectivity index (χ1) is 6.81. The normalized spacial score (nSPS) is 12.7. The van der Waals surface area contributed by atoms with Gasteiger partial charge in [0.05, 0.1) is 12.1 Å². The first-order valence-corrected chi connectivity index (χ1v) is 4.87. The molecule has 0 unspecified atom stereocenters. The summed E-state index contributed by atoms with van der Waals surface area (Å²) in [6, 6.07) is 0. The van der Waals surface area contributed by atoms with Crippen molar-refractivity contribution in [3.05, 3.63) is 0 Å². The van der Waals surface area contributed by atoms with Crippen LogP contribution in [0, 0.1) is 0 Å². The molecule has 0 spiro atoms. The Labute approximate surface area is 87.8 Å². The lowest BCUT2D eigenvalue weighted by atomic mass is 9.93. The van der Waals surface area contributed by atoms with Crippen LogP contribution in [0.3, 0.4) is 0 Å². The van der Waals surface area contributed by atoms with Crippen LogP contribution < -0.4 is 11.1 Å². The molecule has 4 nitrogen and oxygen atoms in total. The highest BCUT2D eigenvalue weighted by atomic mass is 19.3. The Morgan fingerprint density at radius 1 is 1.40 bits per heavy atom. The van der Waals surface area contributed by atoms with E-state index in [1.807, 2.05) is 5.32 Å². The van der Waals surface area contributed by atoms with Gasteiger partial charge in [0, 0.05) is 0 Å². The number of halogens is 2. The zero-order chi connectivity index (χ0) is 12.1. The number of carbonyl (C=O) groups is 1. The minimum Gasteiger partial charge on any atom is -0.390 e. The molecule has 0 aliphatic heterocycles. The van der Waals surface area contributed by atoms with Gasteiger partial charge in [-0.1, -0.05) is 13.8 Å². The Balaban J connectivity index is 4.26. The van der Waals surface area contributed by atoms with E-state index in [4.69, 9.17) is 10.8 Å². The Hall–Kier alpha value is -0.750. The van der Waals surface area contributed by atoms with Gasteiger partial charge in [-0.25, -0.2) is 8.78 Å². The van der Waals surface area contributed by atoms with Crippen LogP contribution in [0.4, 0.5) is 8.78 Å². The Bertz CT molecular complexity index is 218. The van der Waals surface area contributed by atoms with Gasteiger partial charge in [0.15, 0.2) is 0 Å². The number of amides is 1. The summed E-state index contributed by atoms with van der Waals surface area (Å²) >= 11 is 0. The second kappa shape index (κ2) is 5.37. The molecule has 0 heterocycles. The standard InChI is InChI=1S/C9H18F2N2O2/c1-3-8(12,4-2)7(15)13-5-9(10,11)6-14/h14H,3-6,12H2,1-2H3,(H,13,15). The summed E-state index contributed by atoms with van der Waals surface area (Å²) in [4.78, 5) is 11.4. The van der Waals surface area contributed by atoms with Gasteiger partial charge in [0.1, 0.15) is 6.61 Å². The second-order valence-corrected chi connectivity index (χ2v) is 3.56. The van der Waals surface area contributed by atoms with Gasteiger partial charge in [-0.2, -0.15) is 0 Å². The number of carbonyl (C=O) groups excluding carboxylic acids is 1. The van der Waals surface area contributed by atoms with Crippen LogP contribution in [0.5, 0.6) is 0 Å². The summed E-state index contributed by atoms with van der Waals surface area (Å²) in [5.41, 5.74) is 4.59. The van der Waals surface area contributed by atoms with Crippen molar-refractivity contribution in [1.29, 1.82) is 0 Å². The van der Waals surface area contributed by atoms with Crippen LogP contribution in [0.25, 0.3) is 0 Å². The third-order valence-electron chi connectivity index (χ3n) is 2.45. The van der Waals surface area contributed by atoms with Crippen LogP contribution in [0.2, 0.25) is 0 Å². The fourth-order valence-corrected chi connectivity index (χ4v) is 1.01. The molecule has 0 radical (unpaired) electrons. The minimum atomic E-state index is -3.29. The number of aliphatic hydroxyl groups is 1. The molecule has 0 rings (SSSR count). The monoisotopic (exact) mass is 224 g/mol. The lowest BCUT2D eigenvalue weighted by molar-refractivity contribution is -0.129. The fraction of sp³-hybridized carbons (Fsp3) is 0.889. The van der Waals surface area contributed by atoms with E-state index in [2.05, 4.69) is 0 Å². The smallest absolute Gasteiger partial charge is 0.287 e. The van der Waals surface area contributed by atoms with Crippen molar-refractivity contribution in [1.82, 2.24) is 5.32 Å². The second-order valence-electron chi connectivity index (χ2n) is 3.56. The van der Waals surface area contributed by atoms with E-state index in [0.29, 0.717) is 12.8 Å². The molecule has 0 saturated heterocycles. The Morgan fingerprint density at radius 2 is 1.87 bits per heavy atom. The number of hydrogen-bond acceptors (Lipinski definition) is 3. The molecule has 0 aromatic carbocycles. The molecule has 90 valence electrons. The maximum atomic E-state index is 12.6. The maximum absolute atomic E-state index is 12.6. The molecule has 0 aliphatic carbocycles. The lowest BCUT2D eigenvalue weighted by Crippen LogP contribution is -2.55. The third-order valence-corrected chi connectivity index (χ3v) is 2.45. The highest BCUT2D eigenvalue weighted by molar-refractivity contribution is 5.85. The largest absolute Gasteiger partial charge is 0.390 e. The van der Waals surface area contributed by atoms with Crippen molar-refractivity contribution in [3.63, 3.8) is 0 Å². The predicted octanol–water partition coefficient (Wildman–Crippen LogP) is 0.248. The van der Waals surface area contributed by atoms with E-state index in [9.17, 15) is 13.6 Å². The van der Waals surface area contributed by atoms with Crippen molar-refractivity contribution in [3.8, 4) is 0 Å². The van der Waals surface area contributed by atoms with Crippen LogP contribution in [-0.2, 0) is 4.79 Å². The van der Waals surface area contributed by atoms with Crippen molar-refractivity contribution >= 4 is 5.91 Å². The van der Waals surface area contributed by atoms with Gasteiger partial charge in [-0.3, -0.25) is 4.79 Å². The van der Waals surface area contributed by atoms with E-state index >= 15 is 0 Å². The zero-order valence-corrected chi connectivity index (χ0v) is 9.02. The summed E-state index contributed by atoms with van der Waals surface area (Å²) in [6.07, 6.45) is 0.750. The van der Waals surface area contributed by atoms with Crippen LogP contribution in [0.1, 0.15) is 26.7 Å². The van der Waals surface area contributed by atoms with Gasteiger partial charge in [0.2, 0.25) is 5.91 Å². The molecule has 0 saturated carbocycles. The molecule has 0 bridgehead atoms. The first-order valence-electron chi connectivity index (χ1n) is 4.87. The highest BCUT2D eigenvalue weighted by Crippen LogP contribution is 2.13. The van der Waals surface area contributed by atoms with Gasteiger partial charge >= 0.3 is 0 Å². The number of alkyl halides is 2. The predicted molar refractivity (Wildman–Crippen MR) is 52.5 cm³/mol. The lowest BCUT2D eigenvalue weighted by Gasteiger charge is -2.26. The molecule has 1 amide bonds. The van der Waals surface area contributed by atoms with Gasteiger partial charge in [-0.15, -0.1) is 0 Å². The summed E-state index contributed by atoms with van der Waals surface area (Å²) in [5.74, 6) is -3.90. The molecule has 0 aromatic rings. The van der Waals surface area contributed by atoms with Gasteiger partial charge < -0.3 is 16.2 Å². The Morgan fingerprint density at radius 3 is 2.20 bits per heavy atom. The number of nitrogens with two attached hydrogens (primary N) is 1. The van der Waals surface area contributed by atoms with E-state index in [1.165, 1.54) is 0 Å². The van der Waals surface area contributed by atoms with Crippen molar-refractivity contribution in [2.24, 2.45) is 5.73 Å². The number of aliphatic hydroxyl groups excluding tert-OH is 1. The van der Waals surface area contributed by atoms with Gasteiger partial charge in [-0.05, 0) is 12.8 Å². The summed E-state index contributed by atoms with van der Waals surface area (Å²) < 4.78 is 25.2. The van der Waals surface area contributed by atoms with E-state index in [1.54, 1.807) is 13.8 Å². The summed E-state index contributed by atoms with van der Waals surface area (Å²) in [5, 5.41) is 10.3. The quantitative estimate of drug-likeness (QED) is 0.605. The number of nitrogens with one attached hydrogen (secondary N) is 1. The van der Waals surface area contributed by atoms with E-state index in [0.717, 1.165) is 0 Å². The first kappa shape index (κ1) is 14.2. The van der Waals surface area contributed by atoms with E-state index in [-0.39, 0.29) is 0 Å². The summed E-state index contributed by atoms with van der Waals surface area (Å²) in [6.45, 7) is 1.25. The molecule has 15 heavy (non-hydrogen) atoms. The molecule has 0 fully saturated rings. The minimum absolute atomic E-state index is 0.375. The summed E-state index contributed by atoms with van der Waals surface area (Å²) in [7, 11) is 0. The average molecular weight is 224 g/mol. The third kappa shape index (κ3) is 4.09. The molecular formula is C9H18F2N2O2. The van der Waals surface area contributed by atoms with Crippen molar-refractivity contribution in [2.75, 3.05) is 13.2 Å². The molecule has 0 aromatic heterocycles. The van der Waals surface area contributed by atoms with Crippen LogP contribution >= 0.6 is 0 Å². The fourth-order valence-electron chi connectivity index (χ4n) is 1.01. The van der Waals surface area contributed by atoms with Crippen LogP contribution in [-0.4, -0.2) is 35.6 Å². The molecule has 0 aliphatic rings. The van der Waals surface area contributed by atoms with Crippen molar-refractivity contribution < 1.29 is 18.7 Å². The van der Waals surface area contributed by atoms with E-state index < -0.39 is 30.5 Å². The molecule has 0 atom stereocenters. The number of hydrogen-bond donors (Lipinski definition) is 3. The van der Waals surface area contributed by atoms with Crippen molar-refractivity contribution in [2.45, 2.75) is 38.2 Å². The van der Waals surface area contributed by atoms with Crippen LogP contribution in [0.15, 0.2) is 0 Å². The SMILES string of the molecule is CCC(N)(CC)C(=O)NCC(F)(F)CO. The van der Waals surface area contributed by atoms with Gasteiger partial charge in [0.25, 0.3) is 5.92 Å². The average Bonchev–Trinajstić information content (AvgIpc) is 2.24. The topological polar surface area (TPSA) is 75.4 Å². The zero-order valence-electron chi connectivity index (χ0n) is 9.02. The highest BCUT2D eigenvalue weighted by Gasteiger charge is 2.34. The molecule has 6 heteroatoms. The maximum Gasteiger partial charge on any atom is 0.287 e. The Kier molecular flexibility index (Phi) is 5.10. The molecular weight excluding hydrogens is 206 g/mol. The number of rotatable bonds is 6.